The van der Waals surface area contributed by atoms with Gasteiger partial charge in [-0.3, -0.25) is 4.68 Å². The number of hydrogen-bond acceptors (Lipinski definition) is 3. The normalized spacial score (nSPS) is 12.9. The molecule has 2 heterocycles. The topological polar surface area (TPSA) is 51.2 Å². The van der Waals surface area contributed by atoms with Gasteiger partial charge in [-0.1, -0.05) is 13.8 Å². The number of aryl methyl sites for hydroxylation is 2. The molecule has 0 radical (unpaired) electrons. The summed E-state index contributed by atoms with van der Waals surface area (Å²) in [6, 6.07) is 3.72. The molecule has 0 amide bonds. The summed E-state index contributed by atoms with van der Waals surface area (Å²) in [6.45, 7) is 3.99. The van der Waals surface area contributed by atoms with Crippen LogP contribution in [0.1, 0.15) is 37.8 Å². The second-order valence-electron chi connectivity index (χ2n) is 4.14. The average molecular weight is 234 g/mol. The highest BCUT2D eigenvalue weighted by molar-refractivity contribution is 5.59. The van der Waals surface area contributed by atoms with E-state index in [2.05, 4.69) is 12.0 Å². The van der Waals surface area contributed by atoms with Gasteiger partial charge in [0.25, 0.3) is 0 Å². The lowest BCUT2D eigenvalue weighted by Crippen LogP contribution is -1.91. The van der Waals surface area contributed by atoms with Gasteiger partial charge >= 0.3 is 0 Å². The molecule has 0 fully saturated rings. The van der Waals surface area contributed by atoms with Crippen molar-refractivity contribution in [2.75, 3.05) is 0 Å². The van der Waals surface area contributed by atoms with Crippen molar-refractivity contribution in [3.05, 3.63) is 29.8 Å². The van der Waals surface area contributed by atoms with Crippen molar-refractivity contribution < 1.29 is 9.52 Å². The fourth-order valence-corrected chi connectivity index (χ4v) is 1.88. The van der Waals surface area contributed by atoms with Crippen LogP contribution >= 0.6 is 0 Å². The van der Waals surface area contributed by atoms with E-state index in [0.717, 1.165) is 23.4 Å². The van der Waals surface area contributed by atoms with E-state index in [4.69, 9.17) is 4.42 Å². The minimum Gasteiger partial charge on any atom is -0.458 e. The van der Waals surface area contributed by atoms with Gasteiger partial charge in [-0.15, -0.1) is 0 Å². The average Bonchev–Trinajstić information content (AvgIpc) is 2.93. The number of aromatic nitrogens is 2. The summed E-state index contributed by atoms with van der Waals surface area (Å²) in [6.07, 6.45) is 2.94. The molecule has 0 saturated carbocycles. The molecule has 92 valence electrons. The molecule has 0 aliphatic carbocycles. The standard InChI is InChI=1S/C13H18N2O2/c1-4-10-9(8-15(3)14-10)12-6-7-13(17-12)11(16)5-2/h6-8,11,16H,4-5H2,1-3H3. The Balaban J connectivity index is 2.36. The Morgan fingerprint density at radius 3 is 2.82 bits per heavy atom. The Morgan fingerprint density at radius 2 is 2.18 bits per heavy atom. The van der Waals surface area contributed by atoms with Gasteiger partial charge in [0.2, 0.25) is 0 Å². The molecule has 2 aromatic heterocycles. The second kappa shape index (κ2) is 4.75. The zero-order chi connectivity index (χ0) is 12.4. The van der Waals surface area contributed by atoms with E-state index >= 15 is 0 Å². The third-order valence-corrected chi connectivity index (χ3v) is 2.85. The van der Waals surface area contributed by atoms with Gasteiger partial charge in [-0.05, 0) is 25.0 Å². The quantitative estimate of drug-likeness (QED) is 0.884. The molecular weight excluding hydrogens is 216 g/mol. The molecule has 2 aromatic rings. The van der Waals surface area contributed by atoms with Gasteiger partial charge in [0.1, 0.15) is 17.6 Å². The van der Waals surface area contributed by atoms with Crippen molar-refractivity contribution in [1.29, 1.82) is 0 Å². The lowest BCUT2D eigenvalue weighted by atomic mass is 10.1. The number of nitrogens with zero attached hydrogens (tertiary/aromatic N) is 2. The minimum absolute atomic E-state index is 0.523. The van der Waals surface area contributed by atoms with E-state index in [9.17, 15) is 5.11 Å². The summed E-state index contributed by atoms with van der Waals surface area (Å²) in [5, 5.41) is 14.1. The van der Waals surface area contributed by atoms with Crippen LogP contribution in [-0.2, 0) is 13.5 Å². The van der Waals surface area contributed by atoms with Crippen LogP contribution in [0.5, 0.6) is 0 Å². The molecule has 4 heteroatoms. The summed E-state index contributed by atoms with van der Waals surface area (Å²) in [7, 11) is 1.90. The van der Waals surface area contributed by atoms with Gasteiger partial charge in [0.15, 0.2) is 0 Å². The monoisotopic (exact) mass is 234 g/mol. The lowest BCUT2D eigenvalue weighted by molar-refractivity contribution is 0.147. The van der Waals surface area contributed by atoms with Gasteiger partial charge in [-0.2, -0.15) is 5.10 Å². The van der Waals surface area contributed by atoms with E-state index in [1.54, 1.807) is 4.68 Å². The molecule has 0 saturated heterocycles. The first-order valence-electron chi connectivity index (χ1n) is 5.96. The lowest BCUT2D eigenvalue weighted by Gasteiger charge is -2.02. The first-order valence-corrected chi connectivity index (χ1v) is 5.96. The molecule has 1 N–H and O–H groups in total. The molecule has 0 bridgehead atoms. The van der Waals surface area contributed by atoms with Crippen molar-refractivity contribution in [2.45, 2.75) is 32.8 Å². The van der Waals surface area contributed by atoms with Crippen LogP contribution in [0.3, 0.4) is 0 Å². The van der Waals surface area contributed by atoms with Crippen LogP contribution in [0.4, 0.5) is 0 Å². The Bertz CT molecular complexity index is 499. The zero-order valence-corrected chi connectivity index (χ0v) is 10.5. The maximum absolute atomic E-state index is 9.71. The molecule has 0 aromatic carbocycles. The number of aliphatic hydroxyl groups is 1. The van der Waals surface area contributed by atoms with Crippen molar-refractivity contribution in [3.63, 3.8) is 0 Å². The van der Waals surface area contributed by atoms with Crippen LogP contribution in [0.25, 0.3) is 11.3 Å². The highest BCUT2D eigenvalue weighted by Gasteiger charge is 2.15. The number of aliphatic hydroxyl groups excluding tert-OH is 1. The Labute approximate surface area is 101 Å². The summed E-state index contributed by atoms with van der Waals surface area (Å²) in [5.74, 6) is 1.39. The first kappa shape index (κ1) is 11.9. The van der Waals surface area contributed by atoms with E-state index in [1.165, 1.54) is 0 Å². The van der Waals surface area contributed by atoms with Crippen molar-refractivity contribution in [1.82, 2.24) is 9.78 Å². The minimum atomic E-state index is -0.523. The maximum Gasteiger partial charge on any atom is 0.137 e. The third kappa shape index (κ3) is 2.26. The SMILES string of the molecule is CCc1nn(C)cc1-c1ccc(C(O)CC)o1. The van der Waals surface area contributed by atoms with Crippen LogP contribution in [-0.4, -0.2) is 14.9 Å². The van der Waals surface area contributed by atoms with Crippen molar-refractivity contribution in [2.24, 2.45) is 7.05 Å². The summed E-state index contributed by atoms with van der Waals surface area (Å²) in [5.41, 5.74) is 2.02. The van der Waals surface area contributed by atoms with Crippen LogP contribution in [0, 0.1) is 0 Å². The molecule has 1 unspecified atom stereocenters. The van der Waals surface area contributed by atoms with Gasteiger partial charge < -0.3 is 9.52 Å². The van der Waals surface area contributed by atoms with E-state index in [-0.39, 0.29) is 0 Å². The second-order valence-corrected chi connectivity index (χ2v) is 4.14. The molecular formula is C13H18N2O2. The Morgan fingerprint density at radius 1 is 1.41 bits per heavy atom. The Kier molecular flexibility index (Phi) is 3.33. The van der Waals surface area contributed by atoms with Crippen LogP contribution in [0.15, 0.2) is 22.7 Å². The molecule has 1 atom stereocenters. The van der Waals surface area contributed by atoms with Crippen molar-refractivity contribution >= 4 is 0 Å². The summed E-state index contributed by atoms with van der Waals surface area (Å²) < 4.78 is 7.46. The summed E-state index contributed by atoms with van der Waals surface area (Å²) >= 11 is 0. The van der Waals surface area contributed by atoms with Crippen molar-refractivity contribution in [3.8, 4) is 11.3 Å². The maximum atomic E-state index is 9.71. The molecule has 0 aliphatic heterocycles. The predicted molar refractivity (Wildman–Crippen MR) is 65.5 cm³/mol. The molecule has 17 heavy (non-hydrogen) atoms. The Hall–Kier alpha value is -1.55. The highest BCUT2D eigenvalue weighted by Crippen LogP contribution is 2.28. The molecule has 0 aliphatic rings. The highest BCUT2D eigenvalue weighted by atomic mass is 16.4. The van der Waals surface area contributed by atoms with Crippen LogP contribution in [0.2, 0.25) is 0 Å². The molecule has 0 spiro atoms. The largest absolute Gasteiger partial charge is 0.458 e. The number of furan rings is 1. The van der Waals surface area contributed by atoms with Gasteiger partial charge in [-0.25, -0.2) is 0 Å². The molecule has 2 rings (SSSR count). The van der Waals surface area contributed by atoms with Gasteiger partial charge in [0, 0.05) is 13.2 Å². The zero-order valence-electron chi connectivity index (χ0n) is 10.5. The van der Waals surface area contributed by atoms with E-state index < -0.39 is 6.10 Å². The van der Waals surface area contributed by atoms with Gasteiger partial charge in [0.05, 0.1) is 11.3 Å². The van der Waals surface area contributed by atoms with Crippen LogP contribution < -0.4 is 0 Å². The number of hydrogen-bond donors (Lipinski definition) is 1. The molecule has 4 nitrogen and oxygen atoms in total. The third-order valence-electron chi connectivity index (χ3n) is 2.85. The fraction of sp³-hybridized carbons (Fsp3) is 0.462. The summed E-state index contributed by atoms with van der Waals surface area (Å²) in [4.78, 5) is 0. The van der Waals surface area contributed by atoms with E-state index in [0.29, 0.717) is 12.2 Å². The number of rotatable bonds is 4. The fourth-order valence-electron chi connectivity index (χ4n) is 1.88. The smallest absolute Gasteiger partial charge is 0.137 e. The first-order chi connectivity index (χ1) is 8.15. The van der Waals surface area contributed by atoms with E-state index in [1.807, 2.05) is 32.3 Å². The predicted octanol–water partition coefficient (Wildman–Crippen LogP) is 2.69.